The summed E-state index contributed by atoms with van der Waals surface area (Å²) >= 11 is 0.870. The van der Waals surface area contributed by atoms with E-state index in [1.165, 1.54) is 6.20 Å². The topological polar surface area (TPSA) is 116 Å². The number of pyridine rings is 1. The average Bonchev–Trinajstić information content (AvgIpc) is 3.55. The molecule has 4 aromatic rings. The fourth-order valence-corrected chi connectivity index (χ4v) is 5.55. The zero-order valence-electron chi connectivity index (χ0n) is 21.0. The number of carbonyl (C=O) groups is 2. The molecule has 3 aromatic heterocycles. The molecular weight excluding hydrogens is 517 g/mol. The minimum Gasteiger partial charge on any atom is -0.361 e. The van der Waals surface area contributed by atoms with Crippen LogP contribution in [0.5, 0.6) is 0 Å². The smallest absolute Gasteiger partial charge is 0.290 e. The number of H-pyrrole nitrogens is 1. The minimum absolute atomic E-state index is 0.311. The summed E-state index contributed by atoms with van der Waals surface area (Å²) in [5.74, 6) is 0.347. The van der Waals surface area contributed by atoms with E-state index in [-0.39, 0.29) is 11.1 Å². The van der Waals surface area contributed by atoms with Gasteiger partial charge in [-0.3, -0.25) is 19.9 Å². The summed E-state index contributed by atoms with van der Waals surface area (Å²) in [4.78, 5) is 42.1. The molecule has 9 nitrogen and oxygen atoms in total. The highest BCUT2D eigenvalue weighted by atomic mass is 32.2. The molecule has 0 radical (unpaired) electrons. The number of halogens is 1. The second-order valence-electron chi connectivity index (χ2n) is 9.64. The van der Waals surface area contributed by atoms with Gasteiger partial charge in [0.1, 0.15) is 5.82 Å². The van der Waals surface area contributed by atoms with Gasteiger partial charge >= 0.3 is 0 Å². The summed E-state index contributed by atoms with van der Waals surface area (Å²) in [6, 6.07) is 11.6. The Labute approximate surface area is 228 Å². The number of carbonyl (C=O) groups excluding carboxylic acids is 2. The van der Waals surface area contributed by atoms with Gasteiger partial charge in [-0.05, 0) is 73.5 Å². The van der Waals surface area contributed by atoms with E-state index in [0.717, 1.165) is 66.4 Å². The number of nitrogens with one attached hydrogen (secondary N) is 3. The van der Waals surface area contributed by atoms with Gasteiger partial charge in [0.25, 0.3) is 11.1 Å². The van der Waals surface area contributed by atoms with Crippen molar-refractivity contribution in [2.24, 2.45) is 5.92 Å². The summed E-state index contributed by atoms with van der Waals surface area (Å²) < 4.78 is 14.5. The first-order valence-electron chi connectivity index (χ1n) is 12.8. The summed E-state index contributed by atoms with van der Waals surface area (Å²) in [6.45, 7) is 2.82. The van der Waals surface area contributed by atoms with Gasteiger partial charge in [0.2, 0.25) is 5.95 Å². The zero-order chi connectivity index (χ0) is 26.8. The van der Waals surface area contributed by atoms with Gasteiger partial charge in [-0.25, -0.2) is 14.4 Å². The molecule has 2 fully saturated rings. The first-order chi connectivity index (χ1) is 19.0. The van der Waals surface area contributed by atoms with Gasteiger partial charge in [-0.2, -0.15) is 0 Å². The molecule has 2 aliphatic rings. The molecule has 2 amide bonds. The van der Waals surface area contributed by atoms with Crippen LogP contribution in [-0.4, -0.2) is 50.7 Å². The van der Waals surface area contributed by atoms with Gasteiger partial charge in [0, 0.05) is 54.1 Å². The molecule has 39 heavy (non-hydrogen) atoms. The van der Waals surface area contributed by atoms with Crippen molar-refractivity contribution in [1.82, 2.24) is 30.6 Å². The van der Waals surface area contributed by atoms with Crippen molar-refractivity contribution in [1.29, 1.82) is 0 Å². The molecule has 2 aliphatic heterocycles. The van der Waals surface area contributed by atoms with Crippen molar-refractivity contribution < 1.29 is 14.0 Å². The van der Waals surface area contributed by atoms with E-state index >= 15 is 0 Å². The Morgan fingerprint density at radius 3 is 2.82 bits per heavy atom. The van der Waals surface area contributed by atoms with Crippen molar-refractivity contribution >= 4 is 45.8 Å². The van der Waals surface area contributed by atoms with Gasteiger partial charge in [0.05, 0.1) is 22.5 Å². The van der Waals surface area contributed by atoms with Crippen LogP contribution in [0.2, 0.25) is 0 Å². The number of thioether (sulfide) groups is 1. The van der Waals surface area contributed by atoms with Crippen LogP contribution in [0.4, 0.5) is 15.1 Å². The van der Waals surface area contributed by atoms with Gasteiger partial charge < -0.3 is 15.2 Å². The molecule has 5 heterocycles. The average molecular weight is 544 g/mol. The number of nitrogens with zero attached hydrogens (tertiary/aromatic N) is 4. The van der Waals surface area contributed by atoms with Crippen LogP contribution in [0.3, 0.4) is 0 Å². The number of aromatic amines is 1. The largest absolute Gasteiger partial charge is 0.361 e. The molecule has 0 unspecified atom stereocenters. The highest BCUT2D eigenvalue weighted by Gasteiger charge is 2.26. The van der Waals surface area contributed by atoms with E-state index < -0.39 is 5.91 Å². The minimum atomic E-state index is -0.403. The summed E-state index contributed by atoms with van der Waals surface area (Å²) in [6.07, 6.45) is 8.37. The predicted molar refractivity (Wildman–Crippen MR) is 149 cm³/mol. The maximum Gasteiger partial charge on any atom is 0.290 e. The molecule has 6 rings (SSSR count). The third-order valence-electron chi connectivity index (χ3n) is 7.02. The lowest BCUT2D eigenvalue weighted by Gasteiger charge is -2.32. The first kappa shape index (κ1) is 25.2. The van der Waals surface area contributed by atoms with E-state index in [1.807, 2.05) is 30.5 Å². The number of hydrogen-bond acceptors (Lipinski definition) is 8. The first-order valence-corrected chi connectivity index (χ1v) is 13.6. The fourth-order valence-electron chi connectivity index (χ4n) is 4.88. The summed E-state index contributed by atoms with van der Waals surface area (Å²) in [5, 5.41) is 6.39. The molecule has 0 saturated carbocycles. The van der Waals surface area contributed by atoms with Crippen molar-refractivity contribution in [3.05, 3.63) is 77.0 Å². The number of piperidine rings is 1. The summed E-state index contributed by atoms with van der Waals surface area (Å²) in [5.41, 5.74) is 3.95. The van der Waals surface area contributed by atoms with Crippen LogP contribution in [0.1, 0.15) is 24.1 Å². The molecule has 0 atom stereocenters. The second-order valence-corrected chi connectivity index (χ2v) is 10.7. The molecule has 2 saturated heterocycles. The van der Waals surface area contributed by atoms with Crippen LogP contribution in [0.25, 0.3) is 28.2 Å². The maximum atomic E-state index is 14.5. The van der Waals surface area contributed by atoms with Crippen LogP contribution < -0.4 is 15.5 Å². The molecule has 1 aromatic carbocycles. The van der Waals surface area contributed by atoms with Crippen LogP contribution >= 0.6 is 11.8 Å². The van der Waals surface area contributed by atoms with E-state index in [2.05, 4.69) is 41.5 Å². The SMILES string of the molecule is O=C1NC(=O)/C(=C/c2ccnc(N3CCC(CNCc4cc(-c5ccc6[nH]ccc6c5)ncc4F)CC3)n2)S1. The molecule has 0 bridgehead atoms. The number of aromatic nitrogens is 4. The van der Waals surface area contributed by atoms with Gasteiger partial charge in [-0.15, -0.1) is 0 Å². The summed E-state index contributed by atoms with van der Waals surface area (Å²) in [7, 11) is 0. The van der Waals surface area contributed by atoms with Crippen molar-refractivity contribution in [3.8, 4) is 11.3 Å². The lowest BCUT2D eigenvalue weighted by molar-refractivity contribution is -0.115. The molecule has 198 valence electrons. The van der Waals surface area contributed by atoms with Crippen LogP contribution in [0.15, 0.2) is 59.9 Å². The Morgan fingerprint density at radius 2 is 2.00 bits per heavy atom. The van der Waals surface area contributed by atoms with Gasteiger partial charge in [0.15, 0.2) is 0 Å². The van der Waals surface area contributed by atoms with Crippen molar-refractivity contribution in [2.45, 2.75) is 19.4 Å². The highest BCUT2D eigenvalue weighted by molar-refractivity contribution is 8.18. The Bertz CT molecular complexity index is 1580. The van der Waals surface area contributed by atoms with Gasteiger partial charge in [-0.1, -0.05) is 6.07 Å². The predicted octanol–water partition coefficient (Wildman–Crippen LogP) is 4.49. The molecule has 0 aliphatic carbocycles. The number of hydrogen-bond donors (Lipinski definition) is 3. The van der Waals surface area contributed by atoms with Crippen molar-refractivity contribution in [3.63, 3.8) is 0 Å². The van der Waals surface area contributed by atoms with E-state index in [1.54, 1.807) is 18.3 Å². The third kappa shape index (κ3) is 5.69. The number of rotatable bonds is 7. The lowest BCUT2D eigenvalue weighted by Crippen LogP contribution is -2.38. The highest BCUT2D eigenvalue weighted by Crippen LogP contribution is 2.27. The number of anilines is 1. The Morgan fingerprint density at radius 1 is 1.13 bits per heavy atom. The number of fused-ring (bicyclic) bond motifs is 1. The van der Waals surface area contributed by atoms with Crippen LogP contribution in [-0.2, 0) is 11.3 Å². The van der Waals surface area contributed by atoms with Crippen molar-refractivity contribution in [2.75, 3.05) is 24.5 Å². The third-order valence-corrected chi connectivity index (χ3v) is 7.83. The second kappa shape index (κ2) is 11.0. The van der Waals surface area contributed by atoms with E-state index in [9.17, 15) is 14.0 Å². The normalized spacial score (nSPS) is 17.4. The Balaban J connectivity index is 1.03. The standard InChI is InChI=1S/C28H26FN7O2S/c29-22-16-33-24(18-1-2-23-19(11-18)3-7-31-23)12-20(22)15-30-14-17-5-9-36(10-6-17)27-32-8-4-21(34-27)13-25-26(37)35-28(38)39-25/h1-4,7-8,11-13,16-17,30-31H,5-6,9-10,14-15H2,(H,35,37,38)/b25-13-. The lowest BCUT2D eigenvalue weighted by atomic mass is 9.97. The Hall–Kier alpha value is -4.09. The molecule has 0 spiro atoms. The number of imide groups is 1. The quantitative estimate of drug-likeness (QED) is 0.292. The zero-order valence-corrected chi connectivity index (χ0v) is 21.8. The number of benzene rings is 1. The molecule has 3 N–H and O–H groups in total. The van der Waals surface area contributed by atoms with Crippen LogP contribution in [0, 0.1) is 11.7 Å². The van der Waals surface area contributed by atoms with E-state index in [4.69, 9.17) is 0 Å². The van der Waals surface area contributed by atoms with E-state index in [0.29, 0.717) is 34.6 Å². The number of amides is 2. The Kier molecular flexibility index (Phi) is 7.08. The molecule has 11 heteroatoms. The maximum absolute atomic E-state index is 14.5. The monoisotopic (exact) mass is 543 g/mol. The fraction of sp³-hybridized carbons (Fsp3) is 0.250. The molecular formula is C28H26FN7O2S.